The van der Waals surface area contributed by atoms with Crippen LogP contribution in [-0.4, -0.2) is 34.3 Å². The van der Waals surface area contributed by atoms with Crippen molar-refractivity contribution in [3.63, 3.8) is 0 Å². The minimum atomic E-state index is -0.844. The predicted octanol–water partition coefficient (Wildman–Crippen LogP) is 2.19. The quantitative estimate of drug-likeness (QED) is 0.839. The Balaban J connectivity index is 1.73. The number of rotatable bonds is 3. The molecule has 6 heteroatoms. The Morgan fingerprint density at radius 2 is 1.83 bits per heavy atom. The van der Waals surface area contributed by atoms with Gasteiger partial charge in [-0.3, -0.25) is 9.59 Å². The second-order valence-electron chi connectivity index (χ2n) is 6.43. The van der Waals surface area contributed by atoms with Gasteiger partial charge in [0.1, 0.15) is 11.6 Å². The molecule has 122 valence electrons. The molecular formula is C17H21N3O3. The Bertz CT molecular complexity index is 648. The van der Waals surface area contributed by atoms with Crippen molar-refractivity contribution in [2.45, 2.75) is 51.1 Å². The van der Waals surface area contributed by atoms with Gasteiger partial charge in [0.25, 0.3) is 5.91 Å². The Hall–Kier alpha value is -2.37. The van der Waals surface area contributed by atoms with Gasteiger partial charge in [0.05, 0.1) is 0 Å². The van der Waals surface area contributed by atoms with Crippen LogP contribution in [0.15, 0.2) is 24.3 Å². The molecule has 2 aliphatic rings. The van der Waals surface area contributed by atoms with Gasteiger partial charge in [-0.15, -0.1) is 0 Å². The van der Waals surface area contributed by atoms with Crippen LogP contribution in [0.3, 0.4) is 0 Å². The fraction of sp³-hybridized carbons (Fsp3) is 0.471. The zero-order valence-electron chi connectivity index (χ0n) is 13.4. The number of imide groups is 1. The molecule has 1 aromatic carbocycles. The highest BCUT2D eigenvalue weighted by molar-refractivity contribution is 6.11. The van der Waals surface area contributed by atoms with Crippen LogP contribution in [0.25, 0.3) is 0 Å². The summed E-state index contributed by atoms with van der Waals surface area (Å²) >= 11 is 0. The lowest BCUT2D eigenvalue weighted by Gasteiger charge is -2.23. The third kappa shape index (κ3) is 2.69. The average molecular weight is 315 g/mol. The minimum Gasteiger partial charge on any atom is -0.324 e. The first-order valence-corrected chi connectivity index (χ1v) is 7.96. The first-order chi connectivity index (χ1) is 10.9. The van der Waals surface area contributed by atoms with Crippen molar-refractivity contribution in [2.24, 2.45) is 0 Å². The summed E-state index contributed by atoms with van der Waals surface area (Å²) in [6, 6.07) is 6.06. The van der Waals surface area contributed by atoms with Gasteiger partial charge < -0.3 is 10.6 Å². The number of amides is 4. The summed E-state index contributed by atoms with van der Waals surface area (Å²) < 4.78 is 0. The van der Waals surface area contributed by atoms with Crippen LogP contribution in [0, 0.1) is 6.92 Å². The van der Waals surface area contributed by atoms with E-state index in [-0.39, 0.29) is 11.8 Å². The summed E-state index contributed by atoms with van der Waals surface area (Å²) in [6.45, 7) is 3.54. The van der Waals surface area contributed by atoms with E-state index in [1.165, 1.54) is 0 Å². The molecule has 4 amide bonds. The zero-order valence-corrected chi connectivity index (χ0v) is 13.4. The van der Waals surface area contributed by atoms with E-state index in [0.29, 0.717) is 18.5 Å². The molecule has 1 unspecified atom stereocenters. The molecule has 1 spiro atoms. The SMILES string of the molecule is Cc1ccc(NC(=O)C(C)N2C(=O)NC3(CCCC3)C2=O)cc1. The average Bonchev–Trinajstić information content (AvgIpc) is 3.07. The molecule has 0 bridgehead atoms. The first-order valence-electron chi connectivity index (χ1n) is 7.96. The van der Waals surface area contributed by atoms with E-state index in [1.54, 1.807) is 19.1 Å². The van der Waals surface area contributed by atoms with E-state index >= 15 is 0 Å². The van der Waals surface area contributed by atoms with Gasteiger partial charge in [0.2, 0.25) is 5.91 Å². The smallest absolute Gasteiger partial charge is 0.324 e. The number of hydrogen-bond acceptors (Lipinski definition) is 3. The van der Waals surface area contributed by atoms with Crippen LogP contribution >= 0.6 is 0 Å². The van der Waals surface area contributed by atoms with Crippen LogP contribution in [0.4, 0.5) is 10.5 Å². The van der Waals surface area contributed by atoms with Crippen molar-refractivity contribution in [3.05, 3.63) is 29.8 Å². The largest absolute Gasteiger partial charge is 0.325 e. The summed E-state index contributed by atoms with van der Waals surface area (Å²) in [5.74, 6) is -0.640. The Morgan fingerprint density at radius 3 is 2.43 bits per heavy atom. The second-order valence-corrected chi connectivity index (χ2v) is 6.43. The maximum Gasteiger partial charge on any atom is 0.325 e. The van der Waals surface area contributed by atoms with Crippen molar-refractivity contribution in [3.8, 4) is 0 Å². The van der Waals surface area contributed by atoms with Gasteiger partial charge in [0.15, 0.2) is 0 Å². The summed E-state index contributed by atoms with van der Waals surface area (Å²) in [7, 11) is 0. The number of aryl methyl sites for hydroxylation is 1. The van der Waals surface area contributed by atoms with Crippen LogP contribution in [0.2, 0.25) is 0 Å². The number of urea groups is 1. The van der Waals surface area contributed by atoms with E-state index in [1.807, 2.05) is 19.1 Å². The maximum absolute atomic E-state index is 12.6. The standard InChI is InChI=1S/C17H21N3O3/c1-11-5-7-13(8-6-11)18-14(21)12(2)20-15(22)17(19-16(20)23)9-3-4-10-17/h5-8,12H,3-4,9-10H2,1-2H3,(H,18,21)(H,19,23). The van der Waals surface area contributed by atoms with Gasteiger partial charge in [-0.2, -0.15) is 0 Å². The number of nitrogens with zero attached hydrogens (tertiary/aromatic N) is 1. The van der Waals surface area contributed by atoms with Crippen LogP contribution in [-0.2, 0) is 9.59 Å². The molecule has 1 aliphatic heterocycles. The highest BCUT2D eigenvalue weighted by Gasteiger charge is 2.54. The Labute approximate surface area is 135 Å². The zero-order chi connectivity index (χ0) is 16.6. The van der Waals surface area contributed by atoms with E-state index in [2.05, 4.69) is 10.6 Å². The molecule has 1 saturated carbocycles. The lowest BCUT2D eigenvalue weighted by molar-refractivity contribution is -0.136. The topological polar surface area (TPSA) is 78.5 Å². The molecule has 2 fully saturated rings. The highest BCUT2D eigenvalue weighted by atomic mass is 16.2. The highest BCUT2D eigenvalue weighted by Crippen LogP contribution is 2.35. The normalized spacial score (nSPS) is 20.7. The molecule has 1 atom stereocenters. The van der Waals surface area contributed by atoms with Crippen molar-refractivity contribution in [1.29, 1.82) is 0 Å². The number of anilines is 1. The predicted molar refractivity (Wildman–Crippen MR) is 85.8 cm³/mol. The molecule has 2 N–H and O–H groups in total. The molecule has 6 nitrogen and oxygen atoms in total. The van der Waals surface area contributed by atoms with Gasteiger partial charge in [0, 0.05) is 5.69 Å². The van der Waals surface area contributed by atoms with Gasteiger partial charge >= 0.3 is 6.03 Å². The Kier molecular flexibility index (Phi) is 3.83. The molecule has 23 heavy (non-hydrogen) atoms. The monoisotopic (exact) mass is 315 g/mol. The first kappa shape index (κ1) is 15.5. The fourth-order valence-electron chi connectivity index (χ4n) is 3.31. The third-order valence-electron chi connectivity index (χ3n) is 4.74. The number of hydrogen-bond donors (Lipinski definition) is 2. The number of benzene rings is 1. The lowest BCUT2D eigenvalue weighted by atomic mass is 9.97. The Morgan fingerprint density at radius 1 is 1.22 bits per heavy atom. The molecule has 1 saturated heterocycles. The van der Waals surface area contributed by atoms with Crippen LogP contribution < -0.4 is 10.6 Å². The molecular weight excluding hydrogens is 294 g/mol. The molecule has 3 rings (SSSR count). The fourth-order valence-corrected chi connectivity index (χ4v) is 3.31. The van der Waals surface area contributed by atoms with E-state index in [4.69, 9.17) is 0 Å². The summed E-state index contributed by atoms with van der Waals surface area (Å²) in [4.78, 5) is 38.3. The summed E-state index contributed by atoms with van der Waals surface area (Å²) in [5.41, 5.74) is 0.957. The van der Waals surface area contributed by atoms with E-state index in [0.717, 1.165) is 23.3 Å². The van der Waals surface area contributed by atoms with Gasteiger partial charge in [-0.05, 0) is 38.8 Å². The van der Waals surface area contributed by atoms with E-state index < -0.39 is 17.6 Å². The molecule has 1 heterocycles. The lowest BCUT2D eigenvalue weighted by Crippen LogP contribution is -2.48. The van der Waals surface area contributed by atoms with Crippen molar-refractivity contribution >= 4 is 23.5 Å². The van der Waals surface area contributed by atoms with Crippen LogP contribution in [0.1, 0.15) is 38.2 Å². The second kappa shape index (κ2) is 5.68. The summed E-state index contributed by atoms with van der Waals surface area (Å²) in [5, 5.41) is 5.55. The molecule has 0 aromatic heterocycles. The van der Waals surface area contributed by atoms with Crippen molar-refractivity contribution in [1.82, 2.24) is 10.2 Å². The van der Waals surface area contributed by atoms with Gasteiger partial charge in [-0.1, -0.05) is 30.5 Å². The van der Waals surface area contributed by atoms with Crippen LogP contribution in [0.5, 0.6) is 0 Å². The molecule has 1 aliphatic carbocycles. The third-order valence-corrected chi connectivity index (χ3v) is 4.74. The molecule has 0 radical (unpaired) electrons. The minimum absolute atomic E-state index is 0.272. The molecule has 1 aromatic rings. The van der Waals surface area contributed by atoms with Crippen molar-refractivity contribution < 1.29 is 14.4 Å². The van der Waals surface area contributed by atoms with Crippen molar-refractivity contribution in [2.75, 3.05) is 5.32 Å². The van der Waals surface area contributed by atoms with Gasteiger partial charge in [-0.25, -0.2) is 9.69 Å². The maximum atomic E-state index is 12.6. The van der Waals surface area contributed by atoms with E-state index in [9.17, 15) is 14.4 Å². The number of carbonyl (C=O) groups is 3. The summed E-state index contributed by atoms with van der Waals surface area (Å²) in [6.07, 6.45) is 3.15. The number of carbonyl (C=O) groups excluding carboxylic acids is 3. The number of nitrogens with one attached hydrogen (secondary N) is 2.